The van der Waals surface area contributed by atoms with Gasteiger partial charge < -0.3 is 19.5 Å². The van der Waals surface area contributed by atoms with Gasteiger partial charge >= 0.3 is 0 Å². The molecule has 3 aliphatic heterocycles. The highest BCUT2D eigenvalue weighted by molar-refractivity contribution is 7.99. The van der Waals surface area contributed by atoms with Gasteiger partial charge in [-0.25, -0.2) is 0 Å². The third-order valence-electron chi connectivity index (χ3n) is 4.94. The van der Waals surface area contributed by atoms with Crippen molar-refractivity contribution < 1.29 is 19.0 Å². The SMILES string of the molecule is O=C1COc2ccc(C3=Nn4c(nnc4C4COc5ccccc5O4)SC3)cc2N1. The lowest BCUT2D eigenvalue weighted by molar-refractivity contribution is -0.118. The number of carbonyl (C=O) groups excluding carboxylic acids is 1. The number of nitrogens with zero attached hydrogens (tertiary/aromatic N) is 4. The van der Waals surface area contributed by atoms with Crippen molar-refractivity contribution in [3.63, 3.8) is 0 Å². The Morgan fingerprint density at radius 1 is 1.07 bits per heavy atom. The molecule has 0 radical (unpaired) electrons. The first-order valence-corrected chi connectivity index (χ1v) is 10.3. The first-order valence-electron chi connectivity index (χ1n) is 9.36. The number of para-hydroxylation sites is 2. The Balaban J connectivity index is 1.34. The minimum atomic E-state index is -0.416. The maximum absolute atomic E-state index is 11.6. The summed E-state index contributed by atoms with van der Waals surface area (Å²) in [6.07, 6.45) is -0.416. The third-order valence-corrected chi connectivity index (χ3v) is 5.87. The summed E-state index contributed by atoms with van der Waals surface area (Å²) in [5.41, 5.74) is 2.38. The zero-order valence-corrected chi connectivity index (χ0v) is 16.4. The predicted molar refractivity (Wildman–Crippen MR) is 109 cm³/mol. The van der Waals surface area contributed by atoms with Gasteiger partial charge in [0, 0.05) is 11.3 Å². The van der Waals surface area contributed by atoms with Crippen LogP contribution in [0.5, 0.6) is 17.2 Å². The Labute approximate surface area is 175 Å². The number of nitrogens with one attached hydrogen (secondary N) is 1. The van der Waals surface area contributed by atoms with Crippen molar-refractivity contribution in [3.8, 4) is 17.2 Å². The number of benzene rings is 2. The first-order chi connectivity index (χ1) is 14.7. The summed E-state index contributed by atoms with van der Waals surface area (Å²) in [6.45, 7) is 0.357. The maximum Gasteiger partial charge on any atom is 0.262 e. The van der Waals surface area contributed by atoms with Crippen LogP contribution in [0.3, 0.4) is 0 Å². The van der Waals surface area contributed by atoms with Crippen molar-refractivity contribution in [2.24, 2.45) is 5.10 Å². The number of amides is 1. The highest BCUT2D eigenvalue weighted by Crippen LogP contribution is 2.37. The van der Waals surface area contributed by atoms with Crippen LogP contribution in [-0.4, -0.2) is 45.5 Å². The van der Waals surface area contributed by atoms with Gasteiger partial charge in [0.15, 0.2) is 30.0 Å². The second-order valence-electron chi connectivity index (χ2n) is 6.90. The lowest BCUT2D eigenvalue weighted by atomic mass is 10.1. The summed E-state index contributed by atoms with van der Waals surface area (Å²) < 4.78 is 19.0. The Morgan fingerprint density at radius 3 is 2.90 bits per heavy atom. The number of carbonyl (C=O) groups is 1. The molecule has 30 heavy (non-hydrogen) atoms. The number of ether oxygens (including phenoxy) is 3. The highest BCUT2D eigenvalue weighted by Gasteiger charge is 2.30. The van der Waals surface area contributed by atoms with Crippen LogP contribution in [0.4, 0.5) is 5.69 Å². The van der Waals surface area contributed by atoms with E-state index in [0.29, 0.717) is 46.3 Å². The summed E-state index contributed by atoms with van der Waals surface area (Å²) in [7, 11) is 0. The Morgan fingerprint density at radius 2 is 1.97 bits per heavy atom. The molecule has 1 atom stereocenters. The zero-order valence-electron chi connectivity index (χ0n) is 15.6. The fourth-order valence-corrected chi connectivity index (χ4v) is 4.34. The van der Waals surface area contributed by atoms with Crippen LogP contribution in [0.15, 0.2) is 52.7 Å². The van der Waals surface area contributed by atoms with E-state index in [0.717, 1.165) is 11.3 Å². The van der Waals surface area contributed by atoms with Crippen molar-refractivity contribution in [1.29, 1.82) is 0 Å². The minimum Gasteiger partial charge on any atom is -0.485 e. The van der Waals surface area contributed by atoms with Crippen molar-refractivity contribution >= 4 is 29.1 Å². The van der Waals surface area contributed by atoms with Gasteiger partial charge in [-0.15, -0.1) is 10.2 Å². The normalized spacial score (nSPS) is 19.1. The van der Waals surface area contributed by atoms with Crippen LogP contribution in [0.1, 0.15) is 17.5 Å². The molecule has 1 aromatic heterocycles. The van der Waals surface area contributed by atoms with Crippen molar-refractivity contribution in [1.82, 2.24) is 14.9 Å². The standard InChI is InChI=1S/C20H15N5O4S/c26-18-9-28-14-6-5-11(7-12(14)21-18)13-10-30-20-23-22-19(25(20)24-13)17-8-27-15-3-1-2-4-16(15)29-17/h1-7,17H,8-10H2,(H,21,26). The van der Waals surface area contributed by atoms with E-state index in [1.807, 2.05) is 42.5 Å². The zero-order chi connectivity index (χ0) is 20.1. The summed E-state index contributed by atoms with van der Waals surface area (Å²) in [5, 5.41) is 16.9. The van der Waals surface area contributed by atoms with Gasteiger partial charge in [0.25, 0.3) is 5.91 Å². The molecule has 10 heteroatoms. The largest absolute Gasteiger partial charge is 0.485 e. The third kappa shape index (κ3) is 2.88. The monoisotopic (exact) mass is 421 g/mol. The molecule has 0 saturated heterocycles. The van der Waals surface area contributed by atoms with Gasteiger partial charge in [-0.2, -0.15) is 9.78 Å². The summed E-state index contributed by atoms with van der Waals surface area (Å²) in [6, 6.07) is 13.2. The highest BCUT2D eigenvalue weighted by atomic mass is 32.2. The molecule has 1 unspecified atom stereocenters. The molecule has 3 aliphatic rings. The van der Waals surface area contributed by atoms with Gasteiger partial charge in [0.05, 0.1) is 11.4 Å². The van der Waals surface area contributed by atoms with Crippen LogP contribution >= 0.6 is 11.8 Å². The molecule has 0 saturated carbocycles. The molecule has 1 amide bonds. The van der Waals surface area contributed by atoms with E-state index in [-0.39, 0.29) is 12.5 Å². The first kappa shape index (κ1) is 17.3. The van der Waals surface area contributed by atoms with E-state index < -0.39 is 6.10 Å². The van der Waals surface area contributed by atoms with Gasteiger partial charge in [-0.3, -0.25) is 4.79 Å². The number of aromatic nitrogens is 3. The molecule has 4 heterocycles. The quantitative estimate of drug-likeness (QED) is 0.679. The Hall–Kier alpha value is -3.53. The Bertz CT molecular complexity index is 1210. The van der Waals surface area contributed by atoms with Crippen molar-refractivity contribution in [3.05, 3.63) is 53.9 Å². The molecular formula is C20H15N5O4S. The lowest BCUT2D eigenvalue weighted by Crippen LogP contribution is -2.26. The molecule has 3 aromatic rings. The predicted octanol–water partition coefficient (Wildman–Crippen LogP) is 2.48. The van der Waals surface area contributed by atoms with E-state index in [4.69, 9.17) is 19.3 Å². The fraction of sp³-hybridized carbons (Fsp3) is 0.200. The molecule has 6 rings (SSSR count). The average Bonchev–Trinajstić information content (AvgIpc) is 3.21. The van der Waals surface area contributed by atoms with E-state index in [1.54, 1.807) is 16.4 Å². The number of anilines is 1. The molecule has 0 fully saturated rings. The number of hydrogen-bond donors (Lipinski definition) is 1. The van der Waals surface area contributed by atoms with E-state index >= 15 is 0 Å². The maximum atomic E-state index is 11.6. The van der Waals surface area contributed by atoms with Crippen LogP contribution in [0.2, 0.25) is 0 Å². The second kappa shape index (κ2) is 6.77. The van der Waals surface area contributed by atoms with Crippen molar-refractivity contribution in [2.45, 2.75) is 11.3 Å². The minimum absolute atomic E-state index is 0.0309. The van der Waals surface area contributed by atoms with Crippen molar-refractivity contribution in [2.75, 3.05) is 24.3 Å². The van der Waals surface area contributed by atoms with E-state index in [1.165, 1.54) is 0 Å². The van der Waals surface area contributed by atoms with E-state index in [2.05, 4.69) is 15.5 Å². The van der Waals surface area contributed by atoms with Gasteiger partial charge in [0.2, 0.25) is 5.16 Å². The Kier molecular flexibility index (Phi) is 3.91. The summed E-state index contributed by atoms with van der Waals surface area (Å²) >= 11 is 1.54. The number of fused-ring (bicyclic) bond motifs is 3. The molecule has 1 N–H and O–H groups in total. The summed E-state index contributed by atoms with van der Waals surface area (Å²) in [4.78, 5) is 11.6. The summed E-state index contributed by atoms with van der Waals surface area (Å²) in [5.74, 6) is 3.08. The fourth-order valence-electron chi connectivity index (χ4n) is 3.49. The van der Waals surface area contributed by atoms with Crippen LogP contribution < -0.4 is 19.5 Å². The molecule has 150 valence electrons. The smallest absolute Gasteiger partial charge is 0.262 e. The van der Waals surface area contributed by atoms with E-state index in [9.17, 15) is 4.79 Å². The topological polar surface area (TPSA) is 99.9 Å². The number of thioether (sulfide) groups is 1. The molecule has 9 nitrogen and oxygen atoms in total. The van der Waals surface area contributed by atoms with Gasteiger partial charge in [-0.05, 0) is 30.3 Å². The molecule has 0 spiro atoms. The van der Waals surface area contributed by atoms with Crippen LogP contribution in [-0.2, 0) is 4.79 Å². The molecule has 0 bridgehead atoms. The van der Waals surface area contributed by atoms with Gasteiger partial charge in [0.1, 0.15) is 12.4 Å². The lowest BCUT2D eigenvalue weighted by Gasteiger charge is -2.26. The number of hydrogen-bond acceptors (Lipinski definition) is 8. The van der Waals surface area contributed by atoms with Crippen LogP contribution in [0, 0.1) is 0 Å². The molecule has 0 aliphatic carbocycles. The average molecular weight is 421 g/mol. The second-order valence-corrected chi connectivity index (χ2v) is 7.84. The molecule has 2 aromatic carbocycles. The van der Waals surface area contributed by atoms with Crippen LogP contribution in [0.25, 0.3) is 0 Å². The number of rotatable bonds is 2. The van der Waals surface area contributed by atoms with Gasteiger partial charge in [-0.1, -0.05) is 23.9 Å². The molecular weight excluding hydrogens is 406 g/mol.